The van der Waals surface area contributed by atoms with Crippen molar-refractivity contribution in [2.24, 2.45) is 0 Å². The number of oxazole rings is 1. The molecule has 0 bridgehead atoms. The molecule has 5 heteroatoms. The van der Waals surface area contributed by atoms with E-state index >= 15 is 0 Å². The Hall–Kier alpha value is -3.21. The Morgan fingerprint density at radius 2 is 1.96 bits per heavy atom. The minimum atomic E-state index is -0.200. The third kappa shape index (κ3) is 3.76. The number of hydrogen-bond acceptors (Lipinski definition) is 4. The Kier molecular flexibility index (Phi) is 4.52. The Labute approximate surface area is 140 Å². The van der Waals surface area contributed by atoms with Gasteiger partial charge in [0.15, 0.2) is 0 Å². The fourth-order valence-electron chi connectivity index (χ4n) is 2.12. The monoisotopic (exact) mass is 319 g/mol. The van der Waals surface area contributed by atoms with Crippen LogP contribution in [0.3, 0.4) is 0 Å². The quantitative estimate of drug-likeness (QED) is 0.738. The molecule has 0 unspecified atom stereocenters. The Balaban J connectivity index is 1.65. The predicted molar refractivity (Wildman–Crippen MR) is 93.3 cm³/mol. The molecule has 5 nitrogen and oxygen atoms in total. The van der Waals surface area contributed by atoms with Crippen LogP contribution < -0.4 is 5.32 Å². The van der Waals surface area contributed by atoms with Crippen molar-refractivity contribution in [3.8, 4) is 11.5 Å². The molecule has 0 saturated carbocycles. The fourth-order valence-corrected chi connectivity index (χ4v) is 2.12. The molecule has 2 heterocycles. The number of nitrogens with one attached hydrogen (secondary N) is 1. The Morgan fingerprint density at radius 3 is 2.58 bits per heavy atom. The van der Waals surface area contributed by atoms with Crippen molar-refractivity contribution < 1.29 is 9.21 Å². The number of nitrogens with zero attached hydrogens (tertiary/aromatic N) is 2. The third-order valence-electron chi connectivity index (χ3n) is 3.54. The number of anilines is 1. The number of pyridine rings is 1. The van der Waals surface area contributed by atoms with Crippen LogP contribution in [-0.2, 0) is 4.79 Å². The van der Waals surface area contributed by atoms with Gasteiger partial charge >= 0.3 is 0 Å². The minimum absolute atomic E-state index is 0.200. The highest BCUT2D eigenvalue weighted by Gasteiger charge is 2.08. The predicted octanol–water partition coefficient (Wildman–Crippen LogP) is 4.01. The van der Waals surface area contributed by atoms with E-state index in [1.54, 1.807) is 18.5 Å². The lowest BCUT2D eigenvalue weighted by atomic mass is 10.2. The summed E-state index contributed by atoms with van der Waals surface area (Å²) in [5.74, 6) is 1.19. The van der Waals surface area contributed by atoms with E-state index < -0.39 is 0 Å². The average molecular weight is 319 g/mol. The molecule has 24 heavy (non-hydrogen) atoms. The highest BCUT2D eigenvalue weighted by atomic mass is 16.4. The van der Waals surface area contributed by atoms with Gasteiger partial charge < -0.3 is 9.73 Å². The SMILES string of the molecule is Cc1nc(-c2ccc(NC(=O)/C=C/c3cccnc3)cc2)oc1C. The normalized spacial score (nSPS) is 10.9. The van der Waals surface area contributed by atoms with Crippen LogP contribution in [0.5, 0.6) is 0 Å². The van der Waals surface area contributed by atoms with Crippen LogP contribution in [0.2, 0.25) is 0 Å². The van der Waals surface area contributed by atoms with E-state index in [4.69, 9.17) is 4.42 Å². The summed E-state index contributed by atoms with van der Waals surface area (Å²) in [5.41, 5.74) is 3.33. The first-order valence-corrected chi connectivity index (χ1v) is 7.55. The second-order valence-electron chi connectivity index (χ2n) is 5.35. The molecule has 0 aliphatic heterocycles. The maximum atomic E-state index is 11.9. The van der Waals surface area contributed by atoms with E-state index in [9.17, 15) is 4.79 Å². The van der Waals surface area contributed by atoms with E-state index in [1.165, 1.54) is 6.08 Å². The summed E-state index contributed by atoms with van der Waals surface area (Å²) in [6.07, 6.45) is 6.58. The van der Waals surface area contributed by atoms with Crippen LogP contribution >= 0.6 is 0 Å². The molecule has 3 aromatic rings. The van der Waals surface area contributed by atoms with Gasteiger partial charge in [0.2, 0.25) is 11.8 Å². The van der Waals surface area contributed by atoms with Crippen LogP contribution in [0.1, 0.15) is 17.0 Å². The van der Waals surface area contributed by atoms with Gasteiger partial charge in [-0.1, -0.05) is 6.07 Å². The van der Waals surface area contributed by atoms with Crippen molar-refractivity contribution in [1.82, 2.24) is 9.97 Å². The van der Waals surface area contributed by atoms with Crippen LogP contribution in [-0.4, -0.2) is 15.9 Å². The van der Waals surface area contributed by atoms with Crippen molar-refractivity contribution in [2.75, 3.05) is 5.32 Å². The van der Waals surface area contributed by atoms with Gasteiger partial charge in [0.1, 0.15) is 5.76 Å². The molecule has 0 atom stereocenters. The van der Waals surface area contributed by atoms with Crippen molar-refractivity contribution in [2.45, 2.75) is 13.8 Å². The maximum Gasteiger partial charge on any atom is 0.248 e. The van der Waals surface area contributed by atoms with Crippen molar-refractivity contribution in [3.05, 3.63) is 71.9 Å². The summed E-state index contributed by atoms with van der Waals surface area (Å²) in [4.78, 5) is 20.3. The number of benzene rings is 1. The van der Waals surface area contributed by atoms with Crippen LogP contribution in [0, 0.1) is 13.8 Å². The molecule has 0 aliphatic rings. The zero-order chi connectivity index (χ0) is 16.9. The van der Waals surface area contributed by atoms with Crippen LogP contribution in [0.4, 0.5) is 5.69 Å². The van der Waals surface area contributed by atoms with Gasteiger partial charge in [-0.15, -0.1) is 0 Å². The smallest absolute Gasteiger partial charge is 0.248 e. The van der Waals surface area contributed by atoms with Crippen molar-refractivity contribution in [3.63, 3.8) is 0 Å². The molecule has 0 aliphatic carbocycles. The molecule has 1 amide bonds. The molecular weight excluding hydrogens is 302 g/mol. The van der Waals surface area contributed by atoms with Gasteiger partial charge in [-0.2, -0.15) is 0 Å². The summed E-state index contributed by atoms with van der Waals surface area (Å²) >= 11 is 0. The summed E-state index contributed by atoms with van der Waals surface area (Å²) < 4.78 is 5.59. The van der Waals surface area contributed by atoms with Gasteiger partial charge in [0, 0.05) is 29.7 Å². The van der Waals surface area contributed by atoms with E-state index in [0.29, 0.717) is 11.6 Å². The summed E-state index contributed by atoms with van der Waals surface area (Å²) in [6, 6.07) is 11.1. The molecule has 2 aromatic heterocycles. The molecule has 0 fully saturated rings. The highest BCUT2D eigenvalue weighted by molar-refractivity contribution is 6.01. The average Bonchev–Trinajstić information content (AvgIpc) is 2.94. The molecule has 1 N–H and O–H groups in total. The van der Waals surface area contributed by atoms with Gasteiger partial charge in [-0.3, -0.25) is 9.78 Å². The number of amides is 1. The second-order valence-corrected chi connectivity index (χ2v) is 5.35. The van der Waals surface area contributed by atoms with E-state index in [0.717, 1.165) is 22.6 Å². The van der Waals surface area contributed by atoms with Crippen molar-refractivity contribution in [1.29, 1.82) is 0 Å². The van der Waals surface area contributed by atoms with E-state index in [2.05, 4.69) is 15.3 Å². The van der Waals surface area contributed by atoms with Crippen LogP contribution in [0.15, 0.2) is 59.3 Å². The molecular formula is C19H17N3O2. The zero-order valence-corrected chi connectivity index (χ0v) is 13.5. The lowest BCUT2D eigenvalue weighted by molar-refractivity contribution is -0.111. The lowest BCUT2D eigenvalue weighted by Gasteiger charge is -2.03. The summed E-state index contributed by atoms with van der Waals surface area (Å²) in [5, 5.41) is 2.81. The first-order valence-electron chi connectivity index (χ1n) is 7.55. The Bertz CT molecular complexity index is 846. The zero-order valence-electron chi connectivity index (χ0n) is 13.5. The molecule has 0 saturated heterocycles. The molecule has 0 spiro atoms. The summed E-state index contributed by atoms with van der Waals surface area (Å²) in [7, 11) is 0. The number of aromatic nitrogens is 2. The van der Waals surface area contributed by atoms with Gasteiger partial charge in [0.05, 0.1) is 5.69 Å². The van der Waals surface area contributed by atoms with E-state index in [1.807, 2.05) is 50.2 Å². The number of aryl methyl sites for hydroxylation is 2. The highest BCUT2D eigenvalue weighted by Crippen LogP contribution is 2.22. The first-order chi connectivity index (χ1) is 11.6. The number of carbonyl (C=O) groups is 1. The molecule has 1 aromatic carbocycles. The minimum Gasteiger partial charge on any atom is -0.441 e. The van der Waals surface area contributed by atoms with E-state index in [-0.39, 0.29) is 5.91 Å². The first kappa shape index (κ1) is 15.7. The largest absolute Gasteiger partial charge is 0.441 e. The summed E-state index contributed by atoms with van der Waals surface area (Å²) in [6.45, 7) is 3.79. The van der Waals surface area contributed by atoms with Gasteiger partial charge in [-0.25, -0.2) is 4.98 Å². The Morgan fingerprint density at radius 1 is 1.17 bits per heavy atom. The third-order valence-corrected chi connectivity index (χ3v) is 3.54. The van der Waals surface area contributed by atoms with Gasteiger partial charge in [0.25, 0.3) is 0 Å². The van der Waals surface area contributed by atoms with Gasteiger partial charge in [-0.05, 0) is 55.8 Å². The number of hydrogen-bond donors (Lipinski definition) is 1. The van der Waals surface area contributed by atoms with Crippen molar-refractivity contribution >= 4 is 17.7 Å². The standard InChI is InChI=1S/C19H17N3O2/c1-13-14(2)24-19(21-13)16-6-8-17(9-7-16)22-18(23)10-5-15-4-3-11-20-12-15/h3-12H,1-2H3,(H,22,23)/b10-5+. The lowest BCUT2D eigenvalue weighted by Crippen LogP contribution is -2.07. The number of carbonyl (C=O) groups excluding carboxylic acids is 1. The van der Waals surface area contributed by atoms with Crippen LogP contribution in [0.25, 0.3) is 17.5 Å². The number of rotatable bonds is 4. The topological polar surface area (TPSA) is 68.0 Å². The molecule has 120 valence electrons. The molecule has 3 rings (SSSR count). The second kappa shape index (κ2) is 6.91. The maximum absolute atomic E-state index is 11.9. The molecule has 0 radical (unpaired) electrons. The fraction of sp³-hybridized carbons (Fsp3) is 0.105.